The molecule has 1 aliphatic rings. The van der Waals surface area contributed by atoms with Gasteiger partial charge in [-0.15, -0.1) is 0 Å². The van der Waals surface area contributed by atoms with Crippen molar-refractivity contribution in [3.8, 4) is 6.07 Å². The highest BCUT2D eigenvalue weighted by Crippen LogP contribution is 2.36. The first-order valence-corrected chi connectivity index (χ1v) is 6.57. The molecule has 0 aliphatic heterocycles. The highest BCUT2D eigenvalue weighted by atomic mass is 127. The van der Waals surface area contributed by atoms with E-state index in [2.05, 4.69) is 51.4 Å². The Morgan fingerprint density at radius 2 is 2.19 bits per heavy atom. The zero-order chi connectivity index (χ0) is 11.1. The van der Waals surface area contributed by atoms with E-state index in [1.54, 1.807) is 0 Å². The molecule has 1 aromatic carbocycles. The van der Waals surface area contributed by atoms with Gasteiger partial charge in [-0.25, -0.2) is 0 Å². The lowest BCUT2D eigenvalue weighted by Gasteiger charge is -2.27. The van der Waals surface area contributed by atoms with Gasteiger partial charge in [0.15, 0.2) is 0 Å². The maximum Gasteiger partial charge on any atom is 0.101 e. The predicted molar refractivity (Wildman–Crippen MR) is 72.3 cm³/mol. The van der Waals surface area contributed by atoms with Crippen molar-refractivity contribution in [2.75, 3.05) is 0 Å². The van der Waals surface area contributed by atoms with E-state index in [1.807, 2.05) is 6.20 Å². The van der Waals surface area contributed by atoms with Crippen molar-refractivity contribution in [1.82, 2.24) is 4.57 Å². The van der Waals surface area contributed by atoms with E-state index in [0.717, 1.165) is 10.9 Å². The number of hydrogen-bond acceptors (Lipinski definition) is 1. The number of fused-ring (bicyclic) bond motifs is 1. The molecule has 1 saturated carbocycles. The minimum Gasteiger partial charge on any atom is -0.343 e. The molecule has 0 saturated heterocycles. The van der Waals surface area contributed by atoms with E-state index < -0.39 is 0 Å². The Labute approximate surface area is 108 Å². The Bertz CT molecular complexity index is 588. The summed E-state index contributed by atoms with van der Waals surface area (Å²) >= 11 is 2.32. The normalized spacial score (nSPS) is 16.0. The molecule has 0 amide bonds. The van der Waals surface area contributed by atoms with Crippen LogP contribution in [0.5, 0.6) is 0 Å². The first kappa shape index (κ1) is 10.2. The fourth-order valence-corrected chi connectivity index (χ4v) is 2.76. The number of hydrogen-bond donors (Lipinski definition) is 0. The molecule has 80 valence electrons. The lowest BCUT2D eigenvalue weighted by atomic mass is 9.93. The zero-order valence-corrected chi connectivity index (χ0v) is 10.9. The van der Waals surface area contributed by atoms with Crippen molar-refractivity contribution in [3.63, 3.8) is 0 Å². The Morgan fingerprint density at radius 3 is 2.81 bits per heavy atom. The second kappa shape index (κ2) is 3.77. The van der Waals surface area contributed by atoms with Crippen molar-refractivity contribution in [2.24, 2.45) is 0 Å². The van der Waals surface area contributed by atoms with Crippen LogP contribution in [0, 0.1) is 14.9 Å². The molecule has 2 aromatic rings. The Morgan fingerprint density at radius 1 is 1.38 bits per heavy atom. The van der Waals surface area contributed by atoms with Crippen molar-refractivity contribution in [3.05, 3.63) is 33.5 Å². The van der Waals surface area contributed by atoms with E-state index >= 15 is 0 Å². The first-order chi connectivity index (χ1) is 7.79. The third-order valence-corrected chi connectivity index (χ3v) is 4.06. The van der Waals surface area contributed by atoms with Gasteiger partial charge in [0.05, 0.1) is 11.1 Å². The molecule has 0 unspecified atom stereocenters. The van der Waals surface area contributed by atoms with Crippen LogP contribution in [-0.4, -0.2) is 4.57 Å². The summed E-state index contributed by atoms with van der Waals surface area (Å²) in [5.41, 5.74) is 2.02. The van der Waals surface area contributed by atoms with E-state index in [1.165, 1.54) is 28.3 Å². The number of rotatable bonds is 1. The maximum absolute atomic E-state index is 9.13. The van der Waals surface area contributed by atoms with Gasteiger partial charge in [-0.3, -0.25) is 0 Å². The fourth-order valence-electron chi connectivity index (χ4n) is 2.28. The molecule has 0 bridgehead atoms. The SMILES string of the molecule is N#Cc1cn(C2CCC2)c2cc(I)ccc12. The Kier molecular flexibility index (Phi) is 2.40. The smallest absolute Gasteiger partial charge is 0.101 e. The monoisotopic (exact) mass is 322 g/mol. The molecule has 0 atom stereocenters. The zero-order valence-electron chi connectivity index (χ0n) is 8.78. The summed E-state index contributed by atoms with van der Waals surface area (Å²) in [5, 5.41) is 10.2. The average Bonchev–Trinajstić information content (AvgIpc) is 2.54. The van der Waals surface area contributed by atoms with Crippen LogP contribution in [0.15, 0.2) is 24.4 Å². The minimum absolute atomic E-state index is 0.614. The van der Waals surface area contributed by atoms with Gasteiger partial charge in [-0.2, -0.15) is 5.26 Å². The van der Waals surface area contributed by atoms with Crippen LogP contribution in [0.4, 0.5) is 0 Å². The van der Waals surface area contributed by atoms with Crippen molar-refractivity contribution in [2.45, 2.75) is 25.3 Å². The lowest BCUT2D eigenvalue weighted by Crippen LogP contribution is -2.15. The van der Waals surface area contributed by atoms with Crippen molar-refractivity contribution >= 4 is 33.5 Å². The van der Waals surface area contributed by atoms with Crippen LogP contribution in [0.2, 0.25) is 0 Å². The predicted octanol–water partition coefficient (Wildman–Crippen LogP) is 3.84. The van der Waals surface area contributed by atoms with Gasteiger partial charge in [0.1, 0.15) is 6.07 Å². The van der Waals surface area contributed by atoms with Gasteiger partial charge in [0.2, 0.25) is 0 Å². The topological polar surface area (TPSA) is 28.7 Å². The summed E-state index contributed by atoms with van der Waals surface area (Å²) in [6, 6.07) is 9.20. The molecule has 0 spiro atoms. The van der Waals surface area contributed by atoms with Crippen LogP contribution in [0.1, 0.15) is 30.9 Å². The van der Waals surface area contributed by atoms with E-state index in [0.29, 0.717) is 6.04 Å². The minimum atomic E-state index is 0.614. The summed E-state index contributed by atoms with van der Waals surface area (Å²) in [6.07, 6.45) is 5.83. The van der Waals surface area contributed by atoms with E-state index in [-0.39, 0.29) is 0 Å². The number of aromatic nitrogens is 1. The fraction of sp³-hybridized carbons (Fsp3) is 0.308. The van der Waals surface area contributed by atoms with Crippen LogP contribution >= 0.6 is 22.6 Å². The first-order valence-electron chi connectivity index (χ1n) is 5.50. The number of benzene rings is 1. The standard InChI is InChI=1S/C13H11IN2/c14-10-4-5-12-9(7-15)8-16(13(12)6-10)11-2-1-3-11/h4-6,8,11H,1-3H2. The molecule has 1 aliphatic carbocycles. The third-order valence-electron chi connectivity index (χ3n) is 3.38. The van der Waals surface area contributed by atoms with Gasteiger partial charge in [0.25, 0.3) is 0 Å². The molecular formula is C13H11IN2. The average molecular weight is 322 g/mol. The van der Waals surface area contributed by atoms with Crippen LogP contribution in [-0.2, 0) is 0 Å². The van der Waals surface area contributed by atoms with E-state index in [9.17, 15) is 0 Å². The van der Waals surface area contributed by atoms with Crippen molar-refractivity contribution < 1.29 is 0 Å². The molecule has 2 nitrogen and oxygen atoms in total. The molecule has 1 aromatic heterocycles. The molecule has 0 N–H and O–H groups in total. The van der Waals surface area contributed by atoms with E-state index in [4.69, 9.17) is 5.26 Å². The summed E-state index contributed by atoms with van der Waals surface area (Å²) in [7, 11) is 0. The largest absolute Gasteiger partial charge is 0.343 e. The van der Waals surface area contributed by atoms with Gasteiger partial charge in [-0.1, -0.05) is 6.07 Å². The molecule has 1 fully saturated rings. The van der Waals surface area contributed by atoms with Crippen LogP contribution in [0.25, 0.3) is 10.9 Å². The number of halogens is 1. The van der Waals surface area contributed by atoms with Crippen molar-refractivity contribution in [1.29, 1.82) is 5.26 Å². The van der Waals surface area contributed by atoms with Gasteiger partial charge in [0, 0.05) is 21.2 Å². The lowest BCUT2D eigenvalue weighted by molar-refractivity contribution is 0.321. The second-order valence-corrected chi connectivity index (χ2v) is 5.55. The maximum atomic E-state index is 9.13. The number of nitriles is 1. The molecule has 16 heavy (non-hydrogen) atoms. The highest BCUT2D eigenvalue weighted by Gasteiger charge is 2.22. The van der Waals surface area contributed by atoms with Crippen LogP contribution in [0.3, 0.4) is 0 Å². The molecule has 3 heteroatoms. The van der Waals surface area contributed by atoms with Gasteiger partial charge >= 0.3 is 0 Å². The van der Waals surface area contributed by atoms with Gasteiger partial charge in [-0.05, 0) is 54.0 Å². The molecule has 1 heterocycles. The Balaban J connectivity index is 2.27. The van der Waals surface area contributed by atoms with Crippen LogP contribution < -0.4 is 0 Å². The Hall–Kier alpha value is -1.02. The summed E-state index contributed by atoms with van der Waals surface area (Å²) < 4.78 is 3.52. The molecule has 0 radical (unpaired) electrons. The summed E-state index contributed by atoms with van der Waals surface area (Å²) in [5.74, 6) is 0. The highest BCUT2D eigenvalue weighted by molar-refractivity contribution is 14.1. The second-order valence-electron chi connectivity index (χ2n) is 4.31. The summed E-state index contributed by atoms with van der Waals surface area (Å²) in [6.45, 7) is 0. The number of nitrogens with zero attached hydrogens (tertiary/aromatic N) is 2. The summed E-state index contributed by atoms with van der Waals surface area (Å²) in [4.78, 5) is 0. The molecular weight excluding hydrogens is 311 g/mol. The van der Waals surface area contributed by atoms with Gasteiger partial charge < -0.3 is 4.57 Å². The third kappa shape index (κ3) is 1.44. The quantitative estimate of drug-likeness (QED) is 0.733. The molecule has 3 rings (SSSR count).